The zero-order valence-electron chi connectivity index (χ0n) is 12.5. The van der Waals surface area contributed by atoms with Crippen LogP contribution in [0.1, 0.15) is 25.2 Å². The van der Waals surface area contributed by atoms with Gasteiger partial charge < -0.3 is 14.5 Å². The molecule has 0 aliphatic rings. The van der Waals surface area contributed by atoms with Gasteiger partial charge >= 0.3 is 0 Å². The molecule has 0 saturated carbocycles. The Kier molecular flexibility index (Phi) is 5.39. The van der Waals surface area contributed by atoms with Crippen LogP contribution in [0.15, 0.2) is 40.8 Å². The topological polar surface area (TPSA) is 34.4 Å². The van der Waals surface area contributed by atoms with Crippen LogP contribution in [0.5, 0.6) is 0 Å². The van der Waals surface area contributed by atoms with E-state index < -0.39 is 0 Å². The molecule has 0 amide bonds. The standard InChI is InChI=1S/C17H23NO2/c1-13(2)18-12-16-8-9-17(20-16)15-6-4-14(5-7-15)10-11-19-3/h4-9,13,18H,10-12H2,1-3H3. The molecule has 0 fully saturated rings. The van der Waals surface area contributed by atoms with Gasteiger partial charge in [0.05, 0.1) is 13.2 Å². The molecule has 1 N–H and O–H groups in total. The number of nitrogens with one attached hydrogen (secondary N) is 1. The fraction of sp³-hybridized carbons (Fsp3) is 0.412. The largest absolute Gasteiger partial charge is 0.460 e. The van der Waals surface area contributed by atoms with Gasteiger partial charge in [-0.25, -0.2) is 0 Å². The summed E-state index contributed by atoms with van der Waals surface area (Å²) in [6.07, 6.45) is 0.943. The number of hydrogen-bond donors (Lipinski definition) is 1. The first-order chi connectivity index (χ1) is 9.69. The first-order valence-electron chi connectivity index (χ1n) is 7.09. The Hall–Kier alpha value is -1.58. The molecule has 3 heteroatoms. The average Bonchev–Trinajstić information content (AvgIpc) is 2.92. The van der Waals surface area contributed by atoms with Crippen molar-refractivity contribution in [1.29, 1.82) is 0 Å². The zero-order chi connectivity index (χ0) is 14.4. The molecule has 0 radical (unpaired) electrons. The van der Waals surface area contributed by atoms with Crippen molar-refractivity contribution >= 4 is 0 Å². The molecule has 2 aromatic rings. The molecule has 0 unspecified atom stereocenters. The van der Waals surface area contributed by atoms with Crippen LogP contribution in [0.2, 0.25) is 0 Å². The van der Waals surface area contributed by atoms with E-state index in [1.807, 2.05) is 12.1 Å². The van der Waals surface area contributed by atoms with Crippen molar-refractivity contribution in [2.24, 2.45) is 0 Å². The third-order valence-electron chi connectivity index (χ3n) is 3.18. The number of furan rings is 1. The summed E-state index contributed by atoms with van der Waals surface area (Å²) in [5.74, 6) is 1.89. The molecule has 0 saturated heterocycles. The van der Waals surface area contributed by atoms with Gasteiger partial charge in [-0.15, -0.1) is 0 Å². The lowest BCUT2D eigenvalue weighted by molar-refractivity contribution is 0.202. The highest BCUT2D eigenvalue weighted by Gasteiger charge is 2.05. The van der Waals surface area contributed by atoms with Crippen molar-refractivity contribution in [3.8, 4) is 11.3 Å². The van der Waals surface area contributed by atoms with E-state index in [1.165, 1.54) is 5.56 Å². The summed E-state index contributed by atoms with van der Waals surface area (Å²) in [4.78, 5) is 0. The van der Waals surface area contributed by atoms with Gasteiger partial charge in [-0.3, -0.25) is 0 Å². The highest BCUT2D eigenvalue weighted by atomic mass is 16.5. The fourth-order valence-corrected chi connectivity index (χ4v) is 1.99. The molecule has 108 valence electrons. The molecule has 1 aromatic heterocycles. The van der Waals surface area contributed by atoms with Crippen molar-refractivity contribution in [3.05, 3.63) is 47.7 Å². The van der Waals surface area contributed by atoms with Crippen LogP contribution >= 0.6 is 0 Å². The molecule has 0 spiro atoms. The van der Waals surface area contributed by atoms with Crippen molar-refractivity contribution in [2.75, 3.05) is 13.7 Å². The second-order valence-corrected chi connectivity index (χ2v) is 5.24. The Morgan fingerprint density at radius 1 is 1.10 bits per heavy atom. The van der Waals surface area contributed by atoms with Crippen LogP contribution in [0.25, 0.3) is 11.3 Å². The van der Waals surface area contributed by atoms with Crippen LogP contribution in [0.3, 0.4) is 0 Å². The van der Waals surface area contributed by atoms with Gasteiger partial charge in [-0.1, -0.05) is 38.1 Å². The number of rotatable bonds is 7. The molecule has 1 heterocycles. The summed E-state index contributed by atoms with van der Waals surface area (Å²) in [5, 5.41) is 3.35. The van der Waals surface area contributed by atoms with Crippen molar-refractivity contribution in [2.45, 2.75) is 32.9 Å². The Bertz CT molecular complexity index is 514. The maximum absolute atomic E-state index is 5.85. The lowest BCUT2D eigenvalue weighted by Gasteiger charge is -2.05. The molecule has 20 heavy (non-hydrogen) atoms. The van der Waals surface area contributed by atoms with E-state index in [9.17, 15) is 0 Å². The smallest absolute Gasteiger partial charge is 0.134 e. The maximum atomic E-state index is 5.85. The molecule has 0 aliphatic carbocycles. The van der Waals surface area contributed by atoms with Gasteiger partial charge in [0.25, 0.3) is 0 Å². The van der Waals surface area contributed by atoms with E-state index >= 15 is 0 Å². The number of benzene rings is 1. The van der Waals surface area contributed by atoms with E-state index in [4.69, 9.17) is 9.15 Å². The molecular formula is C17H23NO2. The molecule has 0 bridgehead atoms. The first kappa shape index (κ1) is 14.8. The first-order valence-corrected chi connectivity index (χ1v) is 7.09. The van der Waals surface area contributed by atoms with Crippen LogP contribution in [0, 0.1) is 0 Å². The minimum absolute atomic E-state index is 0.462. The predicted octanol–water partition coefficient (Wildman–Crippen LogP) is 3.63. The molecule has 0 atom stereocenters. The van der Waals surface area contributed by atoms with E-state index in [0.717, 1.165) is 36.7 Å². The third-order valence-corrected chi connectivity index (χ3v) is 3.18. The Balaban J connectivity index is 2.00. The van der Waals surface area contributed by atoms with Gasteiger partial charge in [0.1, 0.15) is 11.5 Å². The van der Waals surface area contributed by atoms with Crippen molar-refractivity contribution in [3.63, 3.8) is 0 Å². The number of ether oxygens (including phenoxy) is 1. The Morgan fingerprint density at radius 2 is 1.85 bits per heavy atom. The third kappa shape index (κ3) is 4.22. The SMILES string of the molecule is COCCc1ccc(-c2ccc(CNC(C)C)o2)cc1. The Morgan fingerprint density at radius 3 is 2.50 bits per heavy atom. The lowest BCUT2D eigenvalue weighted by atomic mass is 10.1. The summed E-state index contributed by atoms with van der Waals surface area (Å²) >= 11 is 0. The number of hydrogen-bond acceptors (Lipinski definition) is 3. The average molecular weight is 273 g/mol. The summed E-state index contributed by atoms with van der Waals surface area (Å²) in [6.45, 7) is 5.78. The Labute approximate surface area is 121 Å². The maximum Gasteiger partial charge on any atom is 0.134 e. The highest BCUT2D eigenvalue weighted by Crippen LogP contribution is 2.22. The van der Waals surface area contributed by atoms with E-state index in [0.29, 0.717) is 6.04 Å². The summed E-state index contributed by atoms with van der Waals surface area (Å²) in [6, 6.07) is 13.0. The van der Waals surface area contributed by atoms with E-state index in [2.05, 4.69) is 43.4 Å². The fourth-order valence-electron chi connectivity index (χ4n) is 1.99. The van der Waals surface area contributed by atoms with Crippen molar-refractivity contribution in [1.82, 2.24) is 5.32 Å². The monoisotopic (exact) mass is 273 g/mol. The minimum Gasteiger partial charge on any atom is -0.460 e. The van der Waals surface area contributed by atoms with Gasteiger partial charge in [0.15, 0.2) is 0 Å². The number of methoxy groups -OCH3 is 1. The van der Waals surface area contributed by atoms with Gasteiger partial charge in [-0.2, -0.15) is 0 Å². The normalized spacial score (nSPS) is 11.2. The summed E-state index contributed by atoms with van der Waals surface area (Å²) < 4.78 is 10.9. The summed E-state index contributed by atoms with van der Waals surface area (Å²) in [5.41, 5.74) is 2.39. The zero-order valence-corrected chi connectivity index (χ0v) is 12.5. The molecule has 0 aliphatic heterocycles. The minimum atomic E-state index is 0.462. The van der Waals surface area contributed by atoms with Crippen LogP contribution in [-0.4, -0.2) is 19.8 Å². The van der Waals surface area contributed by atoms with Gasteiger partial charge in [-0.05, 0) is 24.1 Å². The van der Waals surface area contributed by atoms with Gasteiger partial charge in [0.2, 0.25) is 0 Å². The molecule has 2 rings (SSSR count). The lowest BCUT2D eigenvalue weighted by Crippen LogP contribution is -2.21. The van der Waals surface area contributed by atoms with Crippen LogP contribution in [0.4, 0.5) is 0 Å². The van der Waals surface area contributed by atoms with Crippen molar-refractivity contribution < 1.29 is 9.15 Å². The van der Waals surface area contributed by atoms with E-state index in [1.54, 1.807) is 7.11 Å². The molecule has 3 nitrogen and oxygen atoms in total. The van der Waals surface area contributed by atoms with Gasteiger partial charge in [0, 0.05) is 18.7 Å². The highest BCUT2D eigenvalue weighted by molar-refractivity contribution is 5.57. The second-order valence-electron chi connectivity index (χ2n) is 5.24. The summed E-state index contributed by atoms with van der Waals surface area (Å²) in [7, 11) is 1.73. The van der Waals surface area contributed by atoms with E-state index in [-0.39, 0.29) is 0 Å². The second kappa shape index (κ2) is 7.27. The molecular weight excluding hydrogens is 250 g/mol. The quantitative estimate of drug-likeness (QED) is 0.836. The molecule has 1 aromatic carbocycles. The van der Waals surface area contributed by atoms with Crippen LogP contribution in [-0.2, 0) is 17.7 Å². The predicted molar refractivity (Wildman–Crippen MR) is 81.7 cm³/mol. The van der Waals surface area contributed by atoms with Crippen LogP contribution < -0.4 is 5.32 Å².